The summed E-state index contributed by atoms with van der Waals surface area (Å²) in [4.78, 5) is 23.9. The first-order valence-electron chi connectivity index (χ1n) is 5.90. The third kappa shape index (κ3) is 6.60. The molecule has 2 amide bonds. The van der Waals surface area contributed by atoms with Crippen LogP contribution < -0.4 is 5.32 Å². The van der Waals surface area contributed by atoms with Crippen molar-refractivity contribution < 1.29 is 14.7 Å². The fourth-order valence-corrected chi connectivity index (χ4v) is 1.46. The fourth-order valence-electron chi connectivity index (χ4n) is 1.46. The predicted octanol–water partition coefficient (Wildman–Crippen LogP) is 1.70. The third-order valence-electron chi connectivity index (χ3n) is 2.60. The number of carboxylic acid groups (broad SMARTS) is 1. The van der Waals surface area contributed by atoms with E-state index in [0.717, 1.165) is 6.42 Å². The first-order valence-corrected chi connectivity index (χ1v) is 5.90. The van der Waals surface area contributed by atoms with Crippen molar-refractivity contribution in [2.45, 2.75) is 26.7 Å². The molecule has 0 fully saturated rings. The zero-order valence-corrected chi connectivity index (χ0v) is 10.6. The number of likely N-dealkylation sites (N-methyl/N-ethyl adjacent to an activating group) is 1. The number of carbonyl (C=O) groups is 2. The van der Waals surface area contributed by atoms with E-state index in [9.17, 15) is 9.59 Å². The molecule has 98 valence electrons. The number of amides is 2. The highest BCUT2D eigenvalue weighted by molar-refractivity contribution is 5.74. The van der Waals surface area contributed by atoms with Gasteiger partial charge in [0.25, 0.3) is 0 Å². The maximum absolute atomic E-state index is 11.7. The number of hydrogen-bond donors (Lipinski definition) is 2. The summed E-state index contributed by atoms with van der Waals surface area (Å²) in [5, 5.41) is 11.4. The number of nitrogens with one attached hydrogen (secondary N) is 1. The van der Waals surface area contributed by atoms with Gasteiger partial charge in [-0.15, -0.1) is 6.58 Å². The molecule has 0 heterocycles. The molecule has 0 aliphatic rings. The maximum Gasteiger partial charge on any atom is 0.317 e. The van der Waals surface area contributed by atoms with E-state index >= 15 is 0 Å². The molecule has 0 aliphatic carbocycles. The van der Waals surface area contributed by atoms with Crippen molar-refractivity contribution >= 4 is 12.0 Å². The van der Waals surface area contributed by atoms with Crippen LogP contribution in [0.5, 0.6) is 0 Å². The van der Waals surface area contributed by atoms with Gasteiger partial charge in [-0.2, -0.15) is 0 Å². The molecule has 0 aromatic heterocycles. The van der Waals surface area contributed by atoms with E-state index in [1.54, 1.807) is 11.0 Å². The van der Waals surface area contributed by atoms with Gasteiger partial charge in [0.15, 0.2) is 0 Å². The van der Waals surface area contributed by atoms with Gasteiger partial charge in [0.2, 0.25) is 0 Å². The first kappa shape index (κ1) is 15.5. The van der Waals surface area contributed by atoms with Crippen LogP contribution in [0, 0.1) is 5.92 Å². The van der Waals surface area contributed by atoms with Crippen LogP contribution in [0.1, 0.15) is 26.7 Å². The second kappa shape index (κ2) is 8.61. The zero-order valence-electron chi connectivity index (χ0n) is 10.6. The largest absolute Gasteiger partial charge is 0.481 e. The molecular weight excluding hydrogens is 220 g/mol. The van der Waals surface area contributed by atoms with Crippen LogP contribution >= 0.6 is 0 Å². The molecular formula is C12H22N2O3. The smallest absolute Gasteiger partial charge is 0.317 e. The van der Waals surface area contributed by atoms with Crippen molar-refractivity contribution in [3.05, 3.63) is 12.7 Å². The second-order valence-corrected chi connectivity index (χ2v) is 3.89. The normalized spacial score (nSPS) is 11.6. The Morgan fingerprint density at radius 2 is 2.12 bits per heavy atom. The highest BCUT2D eigenvalue weighted by atomic mass is 16.4. The van der Waals surface area contributed by atoms with E-state index in [1.807, 2.05) is 13.8 Å². The number of urea groups is 1. The van der Waals surface area contributed by atoms with Crippen molar-refractivity contribution in [2.75, 3.05) is 19.6 Å². The summed E-state index contributed by atoms with van der Waals surface area (Å²) in [7, 11) is 0. The average Bonchev–Trinajstić information content (AvgIpc) is 2.30. The summed E-state index contributed by atoms with van der Waals surface area (Å²) in [5.41, 5.74) is 0. The van der Waals surface area contributed by atoms with E-state index in [-0.39, 0.29) is 18.4 Å². The van der Waals surface area contributed by atoms with Gasteiger partial charge in [0.05, 0.1) is 0 Å². The first-order chi connectivity index (χ1) is 8.04. The highest BCUT2D eigenvalue weighted by Crippen LogP contribution is 2.06. The Bertz CT molecular complexity index is 266. The van der Waals surface area contributed by atoms with Crippen LogP contribution in [0.4, 0.5) is 4.79 Å². The molecule has 5 heteroatoms. The quantitative estimate of drug-likeness (QED) is 0.636. The van der Waals surface area contributed by atoms with Gasteiger partial charge in [0.1, 0.15) is 0 Å². The second-order valence-electron chi connectivity index (χ2n) is 3.89. The number of carbonyl (C=O) groups excluding carboxylic acids is 1. The number of nitrogens with zero attached hydrogens (tertiary/aromatic N) is 1. The van der Waals surface area contributed by atoms with Crippen molar-refractivity contribution in [2.24, 2.45) is 5.92 Å². The van der Waals surface area contributed by atoms with Gasteiger partial charge in [0, 0.05) is 26.1 Å². The van der Waals surface area contributed by atoms with E-state index in [4.69, 9.17) is 5.11 Å². The van der Waals surface area contributed by atoms with Crippen molar-refractivity contribution in [3.63, 3.8) is 0 Å². The number of aliphatic carboxylic acids is 1. The summed E-state index contributed by atoms with van der Waals surface area (Å²) in [6, 6.07) is -0.170. The van der Waals surface area contributed by atoms with E-state index in [0.29, 0.717) is 19.6 Å². The number of hydrogen-bond acceptors (Lipinski definition) is 2. The Morgan fingerprint density at radius 3 is 2.53 bits per heavy atom. The Hall–Kier alpha value is -1.52. The predicted molar refractivity (Wildman–Crippen MR) is 66.9 cm³/mol. The SMILES string of the molecule is C=CCN(CC)C(=O)NCC(CC)CC(=O)O. The molecule has 0 saturated carbocycles. The highest BCUT2D eigenvalue weighted by Gasteiger charge is 2.14. The monoisotopic (exact) mass is 242 g/mol. The minimum atomic E-state index is -0.829. The lowest BCUT2D eigenvalue weighted by Crippen LogP contribution is -2.42. The minimum Gasteiger partial charge on any atom is -0.481 e. The van der Waals surface area contributed by atoms with Crippen LogP contribution in [-0.4, -0.2) is 41.6 Å². The van der Waals surface area contributed by atoms with Gasteiger partial charge >= 0.3 is 12.0 Å². The zero-order chi connectivity index (χ0) is 13.3. The van der Waals surface area contributed by atoms with Gasteiger partial charge < -0.3 is 15.3 Å². The lowest BCUT2D eigenvalue weighted by molar-refractivity contribution is -0.138. The van der Waals surface area contributed by atoms with Crippen LogP contribution in [-0.2, 0) is 4.79 Å². The van der Waals surface area contributed by atoms with E-state index in [1.165, 1.54) is 0 Å². The Kier molecular flexibility index (Phi) is 7.84. The van der Waals surface area contributed by atoms with Gasteiger partial charge in [-0.3, -0.25) is 4.79 Å². The summed E-state index contributed by atoms with van der Waals surface area (Å²) < 4.78 is 0. The van der Waals surface area contributed by atoms with Crippen molar-refractivity contribution in [1.29, 1.82) is 0 Å². The summed E-state index contributed by atoms with van der Waals surface area (Å²) in [5.74, 6) is -0.844. The van der Waals surface area contributed by atoms with E-state index in [2.05, 4.69) is 11.9 Å². The molecule has 1 unspecified atom stereocenters. The maximum atomic E-state index is 11.7. The third-order valence-corrected chi connectivity index (χ3v) is 2.60. The molecule has 2 N–H and O–H groups in total. The summed E-state index contributed by atoms with van der Waals surface area (Å²) in [6.07, 6.45) is 2.49. The topological polar surface area (TPSA) is 69.6 Å². The molecule has 1 atom stereocenters. The van der Waals surface area contributed by atoms with Gasteiger partial charge in [-0.05, 0) is 12.8 Å². The van der Waals surface area contributed by atoms with Crippen molar-refractivity contribution in [3.8, 4) is 0 Å². The number of rotatable bonds is 8. The number of carboxylic acids is 1. The van der Waals surface area contributed by atoms with Gasteiger partial charge in [-0.25, -0.2) is 4.79 Å². The molecule has 0 aliphatic heterocycles. The molecule has 17 heavy (non-hydrogen) atoms. The molecule has 0 rings (SSSR count). The minimum absolute atomic E-state index is 0.0149. The Labute approximate surface area is 102 Å². The van der Waals surface area contributed by atoms with Crippen LogP contribution in [0.25, 0.3) is 0 Å². The van der Waals surface area contributed by atoms with Crippen LogP contribution in [0.2, 0.25) is 0 Å². The Balaban J connectivity index is 4.10. The van der Waals surface area contributed by atoms with Crippen LogP contribution in [0.15, 0.2) is 12.7 Å². The molecule has 0 bridgehead atoms. The molecule has 5 nitrogen and oxygen atoms in total. The lowest BCUT2D eigenvalue weighted by atomic mass is 10.0. The fraction of sp³-hybridized carbons (Fsp3) is 0.667. The van der Waals surface area contributed by atoms with E-state index < -0.39 is 5.97 Å². The molecule has 0 aromatic rings. The summed E-state index contributed by atoms with van der Waals surface area (Å²) in [6.45, 7) is 8.89. The molecule has 0 aromatic carbocycles. The lowest BCUT2D eigenvalue weighted by Gasteiger charge is -2.21. The molecule has 0 radical (unpaired) electrons. The molecule has 0 spiro atoms. The van der Waals surface area contributed by atoms with Crippen molar-refractivity contribution in [1.82, 2.24) is 10.2 Å². The van der Waals surface area contributed by atoms with Gasteiger partial charge in [-0.1, -0.05) is 19.4 Å². The summed E-state index contributed by atoms with van der Waals surface area (Å²) >= 11 is 0. The molecule has 0 saturated heterocycles. The standard InChI is InChI=1S/C12H22N2O3/c1-4-7-14(6-3)12(17)13-9-10(5-2)8-11(15)16/h4,10H,1,5-9H2,2-3H3,(H,13,17)(H,15,16). The average molecular weight is 242 g/mol. The van der Waals surface area contributed by atoms with Crippen LogP contribution in [0.3, 0.4) is 0 Å². The Morgan fingerprint density at radius 1 is 1.47 bits per heavy atom.